The van der Waals surface area contributed by atoms with Crippen LogP contribution in [0.5, 0.6) is 0 Å². The number of nitrogens with zero attached hydrogens (tertiary/aromatic N) is 1. The van der Waals surface area contributed by atoms with Crippen LogP contribution in [0.2, 0.25) is 0 Å². The molecule has 3 aliphatic rings. The highest BCUT2D eigenvalue weighted by molar-refractivity contribution is 7.54. The predicted molar refractivity (Wildman–Crippen MR) is 117 cm³/mol. The minimum Gasteiger partial charge on any atom is -0.377 e. The van der Waals surface area contributed by atoms with Gasteiger partial charge in [0.2, 0.25) is 0 Å². The van der Waals surface area contributed by atoms with Crippen molar-refractivity contribution in [2.24, 2.45) is 5.92 Å². The minimum absolute atomic E-state index is 0.117. The molecule has 3 heterocycles. The van der Waals surface area contributed by atoms with Crippen molar-refractivity contribution >= 4 is 13.6 Å². The predicted octanol–water partition coefficient (Wildman–Crippen LogP) is 3.36. The summed E-state index contributed by atoms with van der Waals surface area (Å²) in [5.41, 5.74) is 0.939. The fraction of sp³-hybridized carbons (Fsp3) is 0.762. The summed E-state index contributed by atoms with van der Waals surface area (Å²) in [7, 11) is -4.30. The summed E-state index contributed by atoms with van der Waals surface area (Å²) < 4.78 is 24.8. The van der Waals surface area contributed by atoms with Crippen LogP contribution < -0.4 is 10.6 Å². The summed E-state index contributed by atoms with van der Waals surface area (Å²) in [5, 5.41) is 14.9. The molecule has 9 nitrogen and oxygen atoms in total. The van der Waals surface area contributed by atoms with Crippen LogP contribution in [0.25, 0.3) is 0 Å². The Labute approximate surface area is 184 Å². The number of ether oxygens (including phenoxy) is 1. The van der Waals surface area contributed by atoms with Gasteiger partial charge < -0.3 is 29.9 Å². The standard InChI is InChI=1S/C21H36N3O6P/c1-7-21(26,8-2)31(27,28)30-20(5,6)14(4)16-9-10-17(29-16)24-12-15-11-13(3)22-18(15)23-19(24)25/h11-12,14,16-18,22,26H,7-10H2,1-6H3,(H,23,25)(H,27,28). The lowest BCUT2D eigenvalue weighted by atomic mass is 9.87. The molecule has 0 bridgehead atoms. The molecule has 3 rings (SSSR count). The van der Waals surface area contributed by atoms with Crippen LogP contribution in [0.3, 0.4) is 0 Å². The Hall–Kier alpha value is -1.38. The molecule has 2 amide bonds. The maximum atomic E-state index is 12.9. The molecule has 1 fully saturated rings. The number of allylic oxidation sites excluding steroid dienone is 1. The molecule has 0 aromatic rings. The van der Waals surface area contributed by atoms with Gasteiger partial charge in [0.25, 0.3) is 0 Å². The Morgan fingerprint density at radius 3 is 2.58 bits per heavy atom. The Kier molecular flexibility index (Phi) is 6.67. The van der Waals surface area contributed by atoms with Gasteiger partial charge in [-0.25, -0.2) is 4.79 Å². The largest absolute Gasteiger partial charge is 0.377 e. The third-order valence-electron chi connectivity index (χ3n) is 6.89. The first-order valence-electron chi connectivity index (χ1n) is 11.0. The number of amides is 2. The van der Waals surface area contributed by atoms with Crippen LogP contribution in [0.15, 0.2) is 23.5 Å². The zero-order valence-corrected chi connectivity index (χ0v) is 20.1. The van der Waals surface area contributed by atoms with Crippen molar-refractivity contribution in [1.29, 1.82) is 0 Å². The average Bonchev–Trinajstić information content (AvgIpc) is 3.30. The second-order valence-corrected chi connectivity index (χ2v) is 11.3. The molecule has 0 radical (unpaired) electrons. The normalized spacial score (nSPS) is 29.5. The lowest BCUT2D eigenvalue weighted by Crippen LogP contribution is -2.54. The van der Waals surface area contributed by atoms with Crippen LogP contribution in [0, 0.1) is 5.92 Å². The Morgan fingerprint density at radius 1 is 1.32 bits per heavy atom. The highest BCUT2D eigenvalue weighted by Crippen LogP contribution is 2.60. The summed E-state index contributed by atoms with van der Waals surface area (Å²) in [6.07, 6.45) is 4.48. The van der Waals surface area contributed by atoms with E-state index in [2.05, 4.69) is 10.6 Å². The molecule has 31 heavy (non-hydrogen) atoms. The Balaban J connectivity index is 1.69. The second-order valence-electron chi connectivity index (χ2n) is 9.29. The van der Waals surface area contributed by atoms with Crippen LogP contribution in [0.4, 0.5) is 4.79 Å². The van der Waals surface area contributed by atoms with E-state index in [1.54, 1.807) is 32.6 Å². The number of aliphatic hydroxyl groups is 1. The van der Waals surface area contributed by atoms with Gasteiger partial charge >= 0.3 is 13.6 Å². The van der Waals surface area contributed by atoms with E-state index in [1.165, 1.54) is 0 Å². The van der Waals surface area contributed by atoms with Gasteiger partial charge in [-0.15, -0.1) is 0 Å². The van der Waals surface area contributed by atoms with Crippen molar-refractivity contribution in [2.45, 2.75) is 96.7 Å². The number of rotatable bonds is 8. The van der Waals surface area contributed by atoms with Crippen LogP contribution in [0.1, 0.15) is 67.2 Å². The van der Waals surface area contributed by atoms with E-state index in [4.69, 9.17) is 9.26 Å². The lowest BCUT2D eigenvalue weighted by Gasteiger charge is -2.40. The molecular weight excluding hydrogens is 421 g/mol. The number of hydrogen-bond acceptors (Lipinski definition) is 6. The van der Waals surface area contributed by atoms with Crippen LogP contribution in [-0.2, 0) is 13.8 Å². The third kappa shape index (κ3) is 4.57. The number of carbonyl (C=O) groups is 1. The molecule has 3 aliphatic heterocycles. The third-order valence-corrected chi connectivity index (χ3v) is 9.29. The minimum atomic E-state index is -4.30. The zero-order chi connectivity index (χ0) is 23.2. The first kappa shape index (κ1) is 24.3. The molecule has 1 saturated heterocycles. The van der Waals surface area contributed by atoms with E-state index in [0.29, 0.717) is 12.8 Å². The van der Waals surface area contributed by atoms with Crippen molar-refractivity contribution in [3.05, 3.63) is 23.5 Å². The van der Waals surface area contributed by atoms with Gasteiger partial charge in [0.15, 0.2) is 5.34 Å². The number of fused-ring (bicyclic) bond motifs is 1. The van der Waals surface area contributed by atoms with Crippen LogP contribution >= 0.6 is 7.60 Å². The van der Waals surface area contributed by atoms with Crippen molar-refractivity contribution < 1.29 is 28.6 Å². The van der Waals surface area contributed by atoms with Gasteiger partial charge in [0, 0.05) is 23.4 Å². The van der Waals surface area contributed by atoms with E-state index in [9.17, 15) is 19.4 Å². The first-order chi connectivity index (χ1) is 14.3. The zero-order valence-electron chi connectivity index (χ0n) is 19.2. The number of urea groups is 1. The summed E-state index contributed by atoms with van der Waals surface area (Å²) in [4.78, 5) is 24.7. The first-order valence-corrected chi connectivity index (χ1v) is 12.6. The monoisotopic (exact) mass is 457 g/mol. The van der Waals surface area contributed by atoms with Crippen LogP contribution in [-0.4, -0.2) is 50.4 Å². The van der Waals surface area contributed by atoms with Crippen molar-refractivity contribution in [2.75, 3.05) is 0 Å². The smallest absolute Gasteiger partial charge is 0.359 e. The molecular formula is C21H36N3O6P. The maximum absolute atomic E-state index is 12.9. The molecule has 0 aromatic heterocycles. The quantitative estimate of drug-likeness (QED) is 0.413. The number of hydrogen-bond donors (Lipinski definition) is 4. The highest BCUT2D eigenvalue weighted by atomic mass is 31.2. The lowest BCUT2D eigenvalue weighted by molar-refractivity contribution is -0.0858. The fourth-order valence-electron chi connectivity index (χ4n) is 4.35. The molecule has 0 aliphatic carbocycles. The molecule has 5 unspecified atom stereocenters. The second kappa shape index (κ2) is 8.52. The van der Waals surface area contributed by atoms with Gasteiger partial charge in [-0.2, -0.15) is 0 Å². The molecule has 176 valence electrons. The van der Waals surface area contributed by atoms with Gasteiger partial charge in [0.1, 0.15) is 12.4 Å². The van der Waals surface area contributed by atoms with E-state index in [1.807, 2.05) is 26.1 Å². The highest BCUT2D eigenvalue weighted by Gasteiger charge is 2.50. The maximum Gasteiger partial charge on any atom is 0.359 e. The van der Waals surface area contributed by atoms with E-state index in [-0.39, 0.29) is 37.1 Å². The summed E-state index contributed by atoms with van der Waals surface area (Å²) in [6.45, 7) is 10.6. The summed E-state index contributed by atoms with van der Waals surface area (Å²) in [6, 6.07) is -0.228. The fourth-order valence-corrected chi connectivity index (χ4v) is 6.12. The molecule has 10 heteroatoms. The Bertz CT molecular complexity index is 822. The van der Waals surface area contributed by atoms with Gasteiger partial charge in [-0.05, 0) is 52.5 Å². The molecule has 0 aromatic carbocycles. The van der Waals surface area contributed by atoms with Crippen molar-refractivity contribution in [3.63, 3.8) is 0 Å². The molecule has 0 saturated carbocycles. The van der Waals surface area contributed by atoms with E-state index >= 15 is 0 Å². The summed E-state index contributed by atoms with van der Waals surface area (Å²) in [5.74, 6) is -0.250. The van der Waals surface area contributed by atoms with Gasteiger partial charge in [-0.3, -0.25) is 9.46 Å². The SMILES string of the molecule is CCC(O)(CC)P(=O)(O)OC(C)(C)C(C)C1CCC(N2C=C3C=C(C)NC3NC2=O)O1. The molecule has 5 atom stereocenters. The number of carbonyl (C=O) groups excluding carboxylic acids is 1. The topological polar surface area (TPSA) is 120 Å². The van der Waals surface area contributed by atoms with Crippen molar-refractivity contribution in [3.8, 4) is 0 Å². The average molecular weight is 458 g/mol. The van der Waals surface area contributed by atoms with Gasteiger partial charge in [-0.1, -0.05) is 20.8 Å². The van der Waals surface area contributed by atoms with E-state index in [0.717, 1.165) is 11.3 Å². The van der Waals surface area contributed by atoms with E-state index < -0.39 is 24.8 Å². The molecule has 0 spiro atoms. The van der Waals surface area contributed by atoms with Gasteiger partial charge in [0.05, 0.1) is 11.7 Å². The number of nitrogens with one attached hydrogen (secondary N) is 2. The molecule has 4 N–H and O–H groups in total. The Morgan fingerprint density at radius 2 is 1.97 bits per heavy atom. The summed E-state index contributed by atoms with van der Waals surface area (Å²) >= 11 is 0. The van der Waals surface area contributed by atoms with Crippen molar-refractivity contribution in [1.82, 2.24) is 15.5 Å².